The quantitative estimate of drug-likeness (QED) is 0.620. The predicted octanol–water partition coefficient (Wildman–Crippen LogP) is 2.07. The van der Waals surface area contributed by atoms with Crippen molar-refractivity contribution in [2.45, 2.75) is 32.6 Å². The van der Waals surface area contributed by atoms with E-state index in [0.717, 1.165) is 12.2 Å². The van der Waals surface area contributed by atoms with Gasteiger partial charge in [-0.2, -0.15) is 12.6 Å². The highest BCUT2D eigenvalue weighted by atomic mass is 32.1. The third-order valence-corrected chi connectivity index (χ3v) is 2.93. The summed E-state index contributed by atoms with van der Waals surface area (Å²) in [4.78, 5) is 11.0. The van der Waals surface area contributed by atoms with Crippen LogP contribution in [0.4, 0.5) is 0 Å². The van der Waals surface area contributed by atoms with Crippen LogP contribution in [0.15, 0.2) is 0 Å². The molecule has 2 heteroatoms. The summed E-state index contributed by atoms with van der Waals surface area (Å²) in [5.41, 5.74) is 0.330. The Hall–Kier alpha value is 0.0200. The number of thiol groups is 1. The Bertz CT molecular complexity index is 138. The first-order chi connectivity index (χ1) is 4.72. The van der Waals surface area contributed by atoms with Crippen molar-refractivity contribution in [3.8, 4) is 0 Å². The summed E-state index contributed by atoms with van der Waals surface area (Å²) >= 11 is 4.22. The number of hydrogen-bond donors (Lipinski definition) is 1. The zero-order valence-corrected chi connectivity index (χ0v) is 7.29. The molecule has 0 spiro atoms. The summed E-state index contributed by atoms with van der Waals surface area (Å²) in [5, 5.41) is 0. The SMILES string of the molecule is CCC(=O)CC1(CS)CC1. The van der Waals surface area contributed by atoms with E-state index in [4.69, 9.17) is 0 Å². The van der Waals surface area contributed by atoms with E-state index < -0.39 is 0 Å². The van der Waals surface area contributed by atoms with Crippen LogP contribution in [-0.4, -0.2) is 11.5 Å². The van der Waals surface area contributed by atoms with Gasteiger partial charge in [-0.25, -0.2) is 0 Å². The molecule has 0 aromatic rings. The van der Waals surface area contributed by atoms with E-state index in [1.165, 1.54) is 12.8 Å². The van der Waals surface area contributed by atoms with Gasteiger partial charge < -0.3 is 0 Å². The van der Waals surface area contributed by atoms with E-state index in [9.17, 15) is 4.79 Å². The predicted molar refractivity (Wildman–Crippen MR) is 45.4 cm³/mol. The molecule has 1 aliphatic carbocycles. The molecule has 58 valence electrons. The Morgan fingerprint density at radius 2 is 2.20 bits per heavy atom. The summed E-state index contributed by atoms with van der Waals surface area (Å²) < 4.78 is 0. The van der Waals surface area contributed by atoms with Gasteiger partial charge in [0.1, 0.15) is 5.78 Å². The molecular weight excluding hydrogens is 144 g/mol. The number of carbonyl (C=O) groups excluding carboxylic acids is 1. The number of hydrogen-bond acceptors (Lipinski definition) is 2. The Morgan fingerprint density at radius 1 is 1.60 bits per heavy atom. The molecule has 1 nitrogen and oxygen atoms in total. The minimum Gasteiger partial charge on any atom is -0.300 e. The van der Waals surface area contributed by atoms with Crippen molar-refractivity contribution in [3.63, 3.8) is 0 Å². The minimum absolute atomic E-state index is 0.330. The molecule has 1 fully saturated rings. The first kappa shape index (κ1) is 8.12. The normalized spacial score (nSPS) is 20.6. The van der Waals surface area contributed by atoms with Crippen LogP contribution in [0.25, 0.3) is 0 Å². The summed E-state index contributed by atoms with van der Waals surface area (Å²) in [6.45, 7) is 1.93. The molecule has 0 N–H and O–H groups in total. The van der Waals surface area contributed by atoms with Crippen molar-refractivity contribution in [2.24, 2.45) is 5.41 Å². The summed E-state index contributed by atoms with van der Waals surface area (Å²) in [7, 11) is 0. The largest absolute Gasteiger partial charge is 0.300 e. The van der Waals surface area contributed by atoms with Gasteiger partial charge in [0.05, 0.1) is 0 Å². The minimum atomic E-state index is 0.330. The maximum atomic E-state index is 11.0. The van der Waals surface area contributed by atoms with E-state index in [-0.39, 0.29) is 0 Å². The summed E-state index contributed by atoms with van der Waals surface area (Å²) in [6.07, 6.45) is 3.88. The first-order valence-corrected chi connectivity index (χ1v) is 4.48. The van der Waals surface area contributed by atoms with Crippen LogP contribution < -0.4 is 0 Å². The van der Waals surface area contributed by atoms with Gasteiger partial charge in [-0.3, -0.25) is 4.79 Å². The van der Waals surface area contributed by atoms with Crippen molar-refractivity contribution < 1.29 is 4.79 Å². The Labute approximate surface area is 67.6 Å². The van der Waals surface area contributed by atoms with Crippen molar-refractivity contribution in [2.75, 3.05) is 5.75 Å². The second-order valence-corrected chi connectivity index (χ2v) is 3.54. The van der Waals surface area contributed by atoms with Gasteiger partial charge >= 0.3 is 0 Å². The molecule has 0 saturated heterocycles. The molecular formula is C8H14OS. The summed E-state index contributed by atoms with van der Waals surface area (Å²) in [5.74, 6) is 1.28. The van der Waals surface area contributed by atoms with E-state index in [1.54, 1.807) is 0 Å². The molecule has 0 unspecified atom stereocenters. The molecule has 1 aliphatic rings. The van der Waals surface area contributed by atoms with Crippen LogP contribution in [0.2, 0.25) is 0 Å². The lowest BCUT2D eigenvalue weighted by atomic mass is 10.0. The van der Waals surface area contributed by atoms with Crippen LogP contribution in [0.1, 0.15) is 32.6 Å². The summed E-state index contributed by atoms with van der Waals surface area (Å²) in [6, 6.07) is 0. The maximum absolute atomic E-state index is 11.0. The molecule has 0 aromatic heterocycles. The molecule has 1 saturated carbocycles. The van der Waals surface area contributed by atoms with Crippen molar-refractivity contribution in [1.29, 1.82) is 0 Å². The van der Waals surface area contributed by atoms with Crippen LogP contribution in [0.5, 0.6) is 0 Å². The van der Waals surface area contributed by atoms with Crippen LogP contribution >= 0.6 is 12.6 Å². The molecule has 0 atom stereocenters. The Morgan fingerprint density at radius 3 is 2.50 bits per heavy atom. The van der Waals surface area contributed by atoms with Crippen LogP contribution in [-0.2, 0) is 4.79 Å². The zero-order valence-electron chi connectivity index (χ0n) is 6.39. The lowest BCUT2D eigenvalue weighted by Crippen LogP contribution is -2.09. The van der Waals surface area contributed by atoms with Crippen LogP contribution in [0.3, 0.4) is 0 Å². The zero-order chi connectivity index (χ0) is 7.61. The number of rotatable bonds is 4. The first-order valence-electron chi connectivity index (χ1n) is 3.85. The fourth-order valence-electron chi connectivity index (χ4n) is 1.11. The van der Waals surface area contributed by atoms with Gasteiger partial charge in [-0.1, -0.05) is 6.92 Å². The monoisotopic (exact) mass is 158 g/mol. The highest BCUT2D eigenvalue weighted by Crippen LogP contribution is 2.49. The molecule has 0 amide bonds. The fourth-order valence-corrected chi connectivity index (χ4v) is 1.54. The molecule has 0 aromatic carbocycles. The van der Waals surface area contributed by atoms with Gasteiger partial charge in [0, 0.05) is 12.8 Å². The van der Waals surface area contributed by atoms with E-state index >= 15 is 0 Å². The molecule has 10 heavy (non-hydrogen) atoms. The van der Waals surface area contributed by atoms with Gasteiger partial charge in [0.2, 0.25) is 0 Å². The van der Waals surface area contributed by atoms with Crippen molar-refractivity contribution >= 4 is 18.4 Å². The highest BCUT2D eigenvalue weighted by Gasteiger charge is 2.42. The van der Waals surface area contributed by atoms with E-state index in [1.807, 2.05) is 6.92 Å². The molecule has 0 heterocycles. The van der Waals surface area contributed by atoms with Crippen LogP contribution in [0, 0.1) is 5.41 Å². The molecule has 0 aliphatic heterocycles. The maximum Gasteiger partial charge on any atom is 0.133 e. The molecule has 1 rings (SSSR count). The van der Waals surface area contributed by atoms with Crippen molar-refractivity contribution in [3.05, 3.63) is 0 Å². The van der Waals surface area contributed by atoms with Gasteiger partial charge in [0.25, 0.3) is 0 Å². The lowest BCUT2D eigenvalue weighted by Gasteiger charge is -2.08. The second-order valence-electron chi connectivity index (χ2n) is 3.23. The topological polar surface area (TPSA) is 17.1 Å². The number of ketones is 1. The average Bonchev–Trinajstić information content (AvgIpc) is 2.70. The van der Waals surface area contributed by atoms with Gasteiger partial charge in [-0.05, 0) is 24.0 Å². The van der Waals surface area contributed by atoms with Gasteiger partial charge in [0.15, 0.2) is 0 Å². The third kappa shape index (κ3) is 1.75. The standard InChI is InChI=1S/C8H14OS/c1-2-7(9)5-8(6-10)3-4-8/h10H,2-6H2,1H3. The number of Topliss-reactive ketones (excluding diaryl/α,β-unsaturated/α-hetero) is 1. The fraction of sp³-hybridized carbons (Fsp3) is 0.875. The van der Waals surface area contributed by atoms with Gasteiger partial charge in [-0.15, -0.1) is 0 Å². The Kier molecular flexibility index (Phi) is 2.40. The second kappa shape index (κ2) is 2.95. The smallest absolute Gasteiger partial charge is 0.133 e. The Balaban J connectivity index is 2.30. The molecule has 0 bridgehead atoms. The van der Waals surface area contributed by atoms with E-state index in [0.29, 0.717) is 17.6 Å². The van der Waals surface area contributed by atoms with E-state index in [2.05, 4.69) is 12.6 Å². The molecule has 0 radical (unpaired) electrons. The third-order valence-electron chi connectivity index (χ3n) is 2.26. The average molecular weight is 158 g/mol. The number of carbonyl (C=O) groups is 1. The highest BCUT2D eigenvalue weighted by molar-refractivity contribution is 7.80. The van der Waals surface area contributed by atoms with Crippen molar-refractivity contribution in [1.82, 2.24) is 0 Å². The lowest BCUT2D eigenvalue weighted by molar-refractivity contribution is -0.119.